The second-order valence-electron chi connectivity index (χ2n) is 2.03. The minimum atomic E-state index is -3.84. The molecule has 0 unspecified atom stereocenters. The highest BCUT2D eigenvalue weighted by atomic mass is 32.2. The molecule has 0 saturated carbocycles. The molecule has 0 aliphatic heterocycles. The van der Waals surface area contributed by atoms with Gasteiger partial charge in [-0.2, -0.15) is 13.2 Å². The molecule has 1 aromatic rings. The van der Waals surface area contributed by atoms with Crippen LogP contribution in [-0.2, 0) is 4.79 Å². The average Bonchev–Trinajstić information content (AvgIpc) is 2.34. The van der Waals surface area contributed by atoms with Gasteiger partial charge in [-0.25, -0.2) is 9.78 Å². The van der Waals surface area contributed by atoms with E-state index in [0.717, 1.165) is 11.5 Å². The maximum atomic E-state index is 12.5. The van der Waals surface area contributed by atoms with Crippen molar-refractivity contribution >= 4 is 29.3 Å². The maximum absolute atomic E-state index is 12.5. The van der Waals surface area contributed by atoms with E-state index < -0.39 is 11.2 Å². The van der Waals surface area contributed by atoms with Gasteiger partial charge >= 0.3 is 11.2 Å². The highest BCUT2D eigenvalue weighted by Gasteiger charge is 2.41. The molecule has 72 valence electrons. The summed E-state index contributed by atoms with van der Waals surface area (Å²) in [5, 5.41) is 4.25. The topological polar surface area (TPSA) is 63.1 Å². The number of thioether (sulfide) groups is 1. The van der Waals surface area contributed by atoms with Gasteiger partial charge in [0.15, 0.2) is 4.34 Å². The van der Waals surface area contributed by atoms with E-state index in [4.69, 9.17) is 5.11 Å². The molecule has 4 nitrogen and oxygen atoms in total. The predicted molar refractivity (Wildman–Crippen MR) is 43.1 cm³/mol. The number of halogens is 2. The zero-order chi connectivity index (χ0) is 10.1. The standard InChI is InChI=1S/C5H4F2N2O2S2/c1-2-8-4(13-9-2)12-5(6,7)3(10)11/h1H3,(H,10,11). The summed E-state index contributed by atoms with van der Waals surface area (Å²) >= 11 is 0.639. The fourth-order valence-corrected chi connectivity index (χ4v) is 1.96. The largest absolute Gasteiger partial charge is 0.476 e. The third-order valence-corrected chi connectivity index (χ3v) is 2.75. The Morgan fingerprint density at radius 1 is 1.69 bits per heavy atom. The second kappa shape index (κ2) is 3.54. The van der Waals surface area contributed by atoms with Gasteiger partial charge in [0.25, 0.3) is 0 Å². The van der Waals surface area contributed by atoms with Gasteiger partial charge in [0.2, 0.25) is 0 Å². The molecule has 0 atom stereocenters. The van der Waals surface area contributed by atoms with Crippen molar-refractivity contribution in [3.63, 3.8) is 0 Å². The number of aromatic nitrogens is 2. The number of aliphatic carboxylic acids is 1. The minimum Gasteiger partial charge on any atom is -0.476 e. The summed E-state index contributed by atoms with van der Waals surface area (Å²) < 4.78 is 28.7. The first-order valence-corrected chi connectivity index (χ1v) is 4.61. The molecule has 0 aliphatic rings. The van der Waals surface area contributed by atoms with Crippen LogP contribution in [0.3, 0.4) is 0 Å². The van der Waals surface area contributed by atoms with Crippen molar-refractivity contribution in [3.05, 3.63) is 5.82 Å². The summed E-state index contributed by atoms with van der Waals surface area (Å²) in [7, 11) is 0. The molecule has 1 N–H and O–H groups in total. The lowest BCUT2D eigenvalue weighted by Crippen LogP contribution is -2.23. The van der Waals surface area contributed by atoms with Crippen molar-refractivity contribution in [2.45, 2.75) is 16.5 Å². The second-order valence-corrected chi connectivity index (χ2v) is 4.15. The molecule has 0 amide bonds. The zero-order valence-corrected chi connectivity index (χ0v) is 7.96. The van der Waals surface area contributed by atoms with Gasteiger partial charge in [-0.05, 0) is 30.2 Å². The number of hydrogen-bond acceptors (Lipinski definition) is 5. The van der Waals surface area contributed by atoms with E-state index in [0.29, 0.717) is 5.82 Å². The first-order chi connectivity index (χ1) is 5.92. The fourth-order valence-electron chi connectivity index (χ4n) is 0.473. The van der Waals surface area contributed by atoms with Gasteiger partial charge in [-0.3, -0.25) is 0 Å². The van der Waals surface area contributed by atoms with Gasteiger partial charge in [-0.1, -0.05) is 0 Å². The molecule has 0 radical (unpaired) electrons. The van der Waals surface area contributed by atoms with E-state index >= 15 is 0 Å². The van der Waals surface area contributed by atoms with Crippen LogP contribution in [0.5, 0.6) is 0 Å². The van der Waals surface area contributed by atoms with E-state index in [2.05, 4.69) is 9.36 Å². The summed E-state index contributed by atoms with van der Waals surface area (Å²) in [6.45, 7) is 1.54. The Bertz CT molecular complexity index is 328. The summed E-state index contributed by atoms with van der Waals surface area (Å²) in [4.78, 5) is 13.6. The van der Waals surface area contributed by atoms with Crippen LogP contribution in [-0.4, -0.2) is 25.7 Å². The number of aryl methyl sites for hydroxylation is 1. The van der Waals surface area contributed by atoms with Gasteiger partial charge < -0.3 is 5.11 Å². The molecule has 0 saturated heterocycles. The smallest absolute Gasteiger partial charge is 0.395 e. The molecule has 0 spiro atoms. The van der Waals surface area contributed by atoms with E-state index in [-0.39, 0.29) is 16.1 Å². The molecule has 8 heteroatoms. The van der Waals surface area contributed by atoms with Crippen LogP contribution in [0.4, 0.5) is 8.78 Å². The fraction of sp³-hybridized carbons (Fsp3) is 0.400. The molecule has 0 bridgehead atoms. The van der Waals surface area contributed by atoms with Crippen LogP contribution < -0.4 is 0 Å². The molecular formula is C5H4F2N2O2S2. The molecule has 0 aliphatic carbocycles. The summed E-state index contributed by atoms with van der Waals surface area (Å²) in [6, 6.07) is 0. The van der Waals surface area contributed by atoms with Crippen molar-refractivity contribution in [2.75, 3.05) is 0 Å². The molecule has 13 heavy (non-hydrogen) atoms. The number of hydrogen-bond donors (Lipinski definition) is 1. The number of carboxylic acid groups (broad SMARTS) is 1. The Balaban J connectivity index is 2.74. The average molecular weight is 226 g/mol. The first-order valence-electron chi connectivity index (χ1n) is 3.02. The van der Waals surface area contributed by atoms with Crippen LogP contribution in [0, 0.1) is 6.92 Å². The Morgan fingerprint density at radius 2 is 2.31 bits per heavy atom. The number of carbonyl (C=O) groups is 1. The van der Waals surface area contributed by atoms with Crippen molar-refractivity contribution in [1.82, 2.24) is 9.36 Å². The lowest BCUT2D eigenvalue weighted by atomic mass is 10.7. The molecule has 1 rings (SSSR count). The molecule has 0 aromatic carbocycles. The third kappa shape index (κ3) is 2.59. The summed E-state index contributed by atoms with van der Waals surface area (Å²) in [5.41, 5.74) is 0. The lowest BCUT2D eigenvalue weighted by molar-refractivity contribution is -0.152. The summed E-state index contributed by atoms with van der Waals surface area (Å²) in [5.74, 6) is -1.82. The Labute approximate surface area is 80.2 Å². The van der Waals surface area contributed by atoms with Crippen LogP contribution in [0.2, 0.25) is 0 Å². The van der Waals surface area contributed by atoms with Crippen molar-refractivity contribution in [1.29, 1.82) is 0 Å². The maximum Gasteiger partial charge on any atom is 0.395 e. The van der Waals surface area contributed by atoms with Crippen LogP contribution in [0.1, 0.15) is 5.82 Å². The van der Waals surface area contributed by atoms with Crippen molar-refractivity contribution in [3.8, 4) is 0 Å². The normalized spacial score (nSPS) is 11.6. The zero-order valence-electron chi connectivity index (χ0n) is 6.32. The number of carboxylic acids is 1. The Morgan fingerprint density at radius 3 is 2.69 bits per heavy atom. The highest BCUT2D eigenvalue weighted by molar-refractivity contribution is 8.02. The lowest BCUT2D eigenvalue weighted by Gasteiger charge is -2.06. The molecule has 0 fully saturated rings. The summed E-state index contributed by atoms with van der Waals surface area (Å²) in [6.07, 6.45) is 0. The Kier molecular flexibility index (Phi) is 2.81. The van der Waals surface area contributed by atoms with Crippen molar-refractivity contribution < 1.29 is 18.7 Å². The van der Waals surface area contributed by atoms with Gasteiger partial charge in [0.1, 0.15) is 5.82 Å². The van der Waals surface area contributed by atoms with Crippen LogP contribution >= 0.6 is 23.3 Å². The molecule has 1 aromatic heterocycles. The third-order valence-electron chi connectivity index (χ3n) is 0.973. The predicted octanol–water partition coefficient (Wildman–Crippen LogP) is 1.62. The molecule has 1 heterocycles. The monoisotopic (exact) mass is 226 g/mol. The quantitative estimate of drug-likeness (QED) is 0.793. The van der Waals surface area contributed by atoms with E-state index in [1.807, 2.05) is 0 Å². The van der Waals surface area contributed by atoms with Crippen LogP contribution in [0.25, 0.3) is 0 Å². The van der Waals surface area contributed by atoms with E-state index in [9.17, 15) is 13.6 Å². The van der Waals surface area contributed by atoms with E-state index in [1.165, 1.54) is 0 Å². The van der Waals surface area contributed by atoms with E-state index in [1.54, 1.807) is 6.92 Å². The van der Waals surface area contributed by atoms with Gasteiger partial charge in [0.05, 0.1) is 0 Å². The minimum absolute atomic E-state index is 0.0510. The van der Waals surface area contributed by atoms with Crippen molar-refractivity contribution in [2.24, 2.45) is 0 Å². The molecular weight excluding hydrogens is 222 g/mol. The number of alkyl halides is 2. The Hall–Kier alpha value is -0.760. The number of rotatable bonds is 3. The first kappa shape index (κ1) is 10.3. The van der Waals surface area contributed by atoms with Gasteiger partial charge in [0, 0.05) is 0 Å². The van der Waals surface area contributed by atoms with Gasteiger partial charge in [-0.15, -0.1) is 0 Å². The van der Waals surface area contributed by atoms with Crippen LogP contribution in [0.15, 0.2) is 4.34 Å². The number of nitrogens with zero attached hydrogens (tertiary/aromatic N) is 2. The SMILES string of the molecule is Cc1nsc(SC(F)(F)C(=O)O)n1. The highest BCUT2D eigenvalue weighted by Crippen LogP contribution is 2.36.